The molecular weight excluding hydrogens is 266 g/mol. The van der Waals surface area contributed by atoms with Crippen LogP contribution < -0.4 is 5.32 Å². The lowest BCUT2D eigenvalue weighted by molar-refractivity contribution is 0.0557. The SMILES string of the molecule is C[C@@H]1CNC[C@H](C)N1C(=O)OCc1cccc(F)c1F. The van der Waals surface area contributed by atoms with Gasteiger partial charge >= 0.3 is 6.09 Å². The van der Waals surface area contributed by atoms with Crippen molar-refractivity contribution in [3.63, 3.8) is 0 Å². The van der Waals surface area contributed by atoms with Gasteiger partial charge in [-0.2, -0.15) is 0 Å². The van der Waals surface area contributed by atoms with Crippen molar-refractivity contribution >= 4 is 6.09 Å². The zero-order valence-electron chi connectivity index (χ0n) is 11.5. The molecule has 6 heteroatoms. The van der Waals surface area contributed by atoms with Crippen LogP contribution >= 0.6 is 0 Å². The van der Waals surface area contributed by atoms with Crippen LogP contribution in [0.1, 0.15) is 19.4 Å². The van der Waals surface area contributed by atoms with Crippen LogP contribution in [0, 0.1) is 11.6 Å². The summed E-state index contributed by atoms with van der Waals surface area (Å²) in [6, 6.07) is 3.82. The number of piperazine rings is 1. The van der Waals surface area contributed by atoms with Crippen molar-refractivity contribution in [3.8, 4) is 0 Å². The zero-order chi connectivity index (χ0) is 14.7. The predicted molar refractivity (Wildman–Crippen MR) is 70.2 cm³/mol. The van der Waals surface area contributed by atoms with Crippen molar-refractivity contribution in [2.75, 3.05) is 13.1 Å². The van der Waals surface area contributed by atoms with Gasteiger partial charge in [0.1, 0.15) is 6.61 Å². The van der Waals surface area contributed by atoms with E-state index >= 15 is 0 Å². The van der Waals surface area contributed by atoms with E-state index in [-0.39, 0.29) is 24.3 Å². The average molecular weight is 284 g/mol. The highest BCUT2D eigenvalue weighted by atomic mass is 19.2. The van der Waals surface area contributed by atoms with Crippen LogP contribution in [-0.4, -0.2) is 36.2 Å². The molecule has 1 amide bonds. The molecule has 0 aliphatic carbocycles. The highest BCUT2D eigenvalue weighted by Gasteiger charge is 2.30. The molecule has 1 heterocycles. The van der Waals surface area contributed by atoms with Crippen molar-refractivity contribution in [2.45, 2.75) is 32.5 Å². The first-order valence-electron chi connectivity index (χ1n) is 6.59. The molecule has 1 aromatic carbocycles. The number of nitrogens with one attached hydrogen (secondary N) is 1. The standard InChI is InChI=1S/C14H18F2N2O2/c1-9-6-17-7-10(2)18(9)14(19)20-8-11-4-3-5-12(15)13(11)16/h3-5,9-10,17H,6-8H2,1-2H3/t9-,10+. The minimum absolute atomic E-state index is 0.00334. The number of amides is 1. The summed E-state index contributed by atoms with van der Waals surface area (Å²) >= 11 is 0. The van der Waals surface area contributed by atoms with Crippen molar-refractivity contribution < 1.29 is 18.3 Å². The van der Waals surface area contributed by atoms with Gasteiger partial charge < -0.3 is 15.0 Å². The van der Waals surface area contributed by atoms with Crippen LogP contribution in [-0.2, 0) is 11.3 Å². The number of hydrogen-bond acceptors (Lipinski definition) is 3. The largest absolute Gasteiger partial charge is 0.444 e. The van der Waals surface area contributed by atoms with Gasteiger partial charge in [-0.05, 0) is 19.9 Å². The van der Waals surface area contributed by atoms with Crippen molar-refractivity contribution in [3.05, 3.63) is 35.4 Å². The Hall–Kier alpha value is -1.69. The normalized spacial score (nSPS) is 22.7. The van der Waals surface area contributed by atoms with Crippen molar-refractivity contribution in [1.29, 1.82) is 0 Å². The highest BCUT2D eigenvalue weighted by molar-refractivity contribution is 5.68. The summed E-state index contributed by atoms with van der Waals surface area (Å²) in [6.45, 7) is 4.92. The Bertz CT molecular complexity index is 486. The first-order valence-corrected chi connectivity index (χ1v) is 6.59. The summed E-state index contributed by atoms with van der Waals surface area (Å²) < 4.78 is 31.6. The lowest BCUT2D eigenvalue weighted by Gasteiger charge is -2.38. The minimum atomic E-state index is -0.971. The predicted octanol–water partition coefficient (Wildman–Crippen LogP) is 2.28. The van der Waals surface area contributed by atoms with Gasteiger partial charge in [0.25, 0.3) is 0 Å². The molecule has 1 aromatic rings. The molecule has 0 radical (unpaired) electrons. The molecule has 1 N–H and O–H groups in total. The van der Waals surface area contributed by atoms with Crippen LogP contribution in [0.15, 0.2) is 18.2 Å². The van der Waals surface area contributed by atoms with Gasteiger partial charge in [0.05, 0.1) is 0 Å². The lowest BCUT2D eigenvalue weighted by Crippen LogP contribution is -2.57. The molecule has 1 aliphatic rings. The summed E-state index contributed by atoms with van der Waals surface area (Å²) in [6.07, 6.45) is -0.504. The number of ether oxygens (including phenoxy) is 1. The fourth-order valence-corrected chi connectivity index (χ4v) is 2.37. The fraction of sp³-hybridized carbons (Fsp3) is 0.500. The number of carbonyl (C=O) groups is 1. The topological polar surface area (TPSA) is 41.6 Å². The van der Waals surface area contributed by atoms with Gasteiger partial charge in [-0.25, -0.2) is 13.6 Å². The molecule has 2 rings (SSSR count). The Morgan fingerprint density at radius 1 is 1.35 bits per heavy atom. The van der Waals surface area contributed by atoms with Gasteiger partial charge in [-0.15, -0.1) is 0 Å². The molecule has 4 nitrogen and oxygen atoms in total. The molecule has 110 valence electrons. The maximum absolute atomic E-state index is 13.5. The third-order valence-electron chi connectivity index (χ3n) is 3.42. The van der Waals surface area contributed by atoms with E-state index in [1.54, 1.807) is 4.90 Å². The Morgan fingerprint density at radius 3 is 2.65 bits per heavy atom. The first kappa shape index (κ1) is 14.7. The summed E-state index contributed by atoms with van der Waals surface area (Å²) in [4.78, 5) is 13.7. The smallest absolute Gasteiger partial charge is 0.410 e. The Balaban J connectivity index is 1.99. The van der Waals surface area contributed by atoms with Gasteiger partial charge in [0.2, 0.25) is 0 Å². The molecule has 0 aromatic heterocycles. The number of benzene rings is 1. The maximum Gasteiger partial charge on any atom is 0.410 e. The van der Waals surface area contributed by atoms with E-state index in [2.05, 4.69) is 5.32 Å². The van der Waals surface area contributed by atoms with E-state index < -0.39 is 17.7 Å². The summed E-state index contributed by atoms with van der Waals surface area (Å²) in [5.41, 5.74) is 0.0359. The van der Waals surface area contributed by atoms with Crippen LogP contribution in [0.5, 0.6) is 0 Å². The fourth-order valence-electron chi connectivity index (χ4n) is 2.37. The van der Waals surface area contributed by atoms with E-state index in [9.17, 15) is 13.6 Å². The molecule has 0 unspecified atom stereocenters. The van der Waals surface area contributed by atoms with Crippen LogP contribution in [0.4, 0.5) is 13.6 Å². The van der Waals surface area contributed by atoms with E-state index in [0.717, 1.165) is 6.07 Å². The molecule has 20 heavy (non-hydrogen) atoms. The first-order chi connectivity index (χ1) is 9.50. The molecule has 0 saturated carbocycles. The second-order valence-electron chi connectivity index (χ2n) is 5.03. The number of hydrogen-bond donors (Lipinski definition) is 1. The molecule has 2 atom stereocenters. The number of nitrogens with zero attached hydrogens (tertiary/aromatic N) is 1. The summed E-state index contributed by atoms with van der Waals surface area (Å²) in [7, 11) is 0. The van der Waals surface area contributed by atoms with E-state index in [1.807, 2.05) is 13.8 Å². The van der Waals surface area contributed by atoms with Gasteiger partial charge in [-0.3, -0.25) is 0 Å². The number of carbonyl (C=O) groups excluding carboxylic acids is 1. The zero-order valence-corrected chi connectivity index (χ0v) is 11.5. The van der Waals surface area contributed by atoms with E-state index in [0.29, 0.717) is 13.1 Å². The highest BCUT2D eigenvalue weighted by Crippen LogP contribution is 2.15. The second kappa shape index (κ2) is 6.17. The Morgan fingerprint density at radius 2 is 2.00 bits per heavy atom. The second-order valence-corrected chi connectivity index (χ2v) is 5.03. The molecule has 1 saturated heterocycles. The Labute approximate surface area is 116 Å². The average Bonchev–Trinajstić information content (AvgIpc) is 2.40. The molecule has 0 spiro atoms. The number of rotatable bonds is 2. The summed E-state index contributed by atoms with van der Waals surface area (Å²) in [5, 5.41) is 3.20. The third kappa shape index (κ3) is 3.07. The minimum Gasteiger partial charge on any atom is -0.444 e. The van der Waals surface area contributed by atoms with Crippen molar-refractivity contribution in [2.24, 2.45) is 0 Å². The van der Waals surface area contributed by atoms with E-state index in [4.69, 9.17) is 4.74 Å². The molecule has 1 aliphatic heterocycles. The van der Waals surface area contributed by atoms with Crippen LogP contribution in [0.2, 0.25) is 0 Å². The summed E-state index contributed by atoms with van der Waals surface area (Å²) in [5.74, 6) is -1.91. The lowest BCUT2D eigenvalue weighted by atomic mass is 10.1. The van der Waals surface area contributed by atoms with Gasteiger partial charge in [-0.1, -0.05) is 12.1 Å². The third-order valence-corrected chi connectivity index (χ3v) is 3.42. The molecule has 1 fully saturated rings. The molecular formula is C14H18F2N2O2. The van der Waals surface area contributed by atoms with Crippen LogP contribution in [0.25, 0.3) is 0 Å². The molecule has 0 bridgehead atoms. The number of halogens is 2. The maximum atomic E-state index is 13.5. The quantitative estimate of drug-likeness (QED) is 0.906. The monoisotopic (exact) mass is 284 g/mol. The van der Waals surface area contributed by atoms with E-state index in [1.165, 1.54) is 12.1 Å². The van der Waals surface area contributed by atoms with Crippen LogP contribution in [0.3, 0.4) is 0 Å². The van der Waals surface area contributed by atoms with Gasteiger partial charge in [0.15, 0.2) is 11.6 Å². The van der Waals surface area contributed by atoms with Gasteiger partial charge in [0, 0.05) is 30.7 Å². The van der Waals surface area contributed by atoms with Crippen molar-refractivity contribution in [1.82, 2.24) is 10.2 Å². The Kier molecular flexibility index (Phi) is 4.54.